The summed E-state index contributed by atoms with van der Waals surface area (Å²) in [6.07, 6.45) is 0. The van der Waals surface area contributed by atoms with Crippen LogP contribution in [-0.4, -0.2) is 23.4 Å². The summed E-state index contributed by atoms with van der Waals surface area (Å²) in [4.78, 5) is 1.68. The molecule has 21 heavy (non-hydrogen) atoms. The molecular formula is C14H14N4O2S. The van der Waals surface area contributed by atoms with Gasteiger partial charge in [-0.3, -0.25) is 4.72 Å². The van der Waals surface area contributed by atoms with Gasteiger partial charge < -0.3 is 0 Å². The van der Waals surface area contributed by atoms with E-state index in [-0.39, 0.29) is 4.90 Å². The lowest BCUT2D eigenvalue weighted by molar-refractivity contribution is 0.601. The van der Waals surface area contributed by atoms with E-state index in [9.17, 15) is 8.42 Å². The van der Waals surface area contributed by atoms with Gasteiger partial charge in [-0.25, -0.2) is 8.42 Å². The highest BCUT2D eigenvalue weighted by molar-refractivity contribution is 7.92. The second-order valence-electron chi connectivity index (χ2n) is 4.81. The summed E-state index contributed by atoms with van der Waals surface area (Å²) in [5, 5.41) is 8.31. The molecule has 0 saturated heterocycles. The zero-order valence-corrected chi connectivity index (χ0v) is 12.4. The third-order valence-electron chi connectivity index (χ3n) is 3.06. The topological polar surface area (TPSA) is 76.9 Å². The Morgan fingerprint density at radius 2 is 1.67 bits per heavy atom. The lowest BCUT2D eigenvalue weighted by atomic mass is 10.2. The molecule has 0 aliphatic carbocycles. The molecule has 7 heteroatoms. The zero-order valence-electron chi connectivity index (χ0n) is 11.6. The number of aromatic nitrogens is 3. The Morgan fingerprint density at radius 3 is 2.38 bits per heavy atom. The first-order valence-corrected chi connectivity index (χ1v) is 7.83. The van der Waals surface area contributed by atoms with E-state index in [1.54, 1.807) is 49.5 Å². The van der Waals surface area contributed by atoms with Crippen molar-refractivity contribution in [2.45, 2.75) is 11.8 Å². The Balaban J connectivity index is 1.94. The second kappa shape index (κ2) is 4.85. The first kappa shape index (κ1) is 13.6. The van der Waals surface area contributed by atoms with Crippen LogP contribution in [0, 0.1) is 6.92 Å². The smallest absolute Gasteiger partial charge is 0.261 e. The highest BCUT2D eigenvalue weighted by Crippen LogP contribution is 2.19. The summed E-state index contributed by atoms with van der Waals surface area (Å²) < 4.78 is 27.2. The van der Waals surface area contributed by atoms with Gasteiger partial charge in [-0.05, 0) is 37.3 Å². The fourth-order valence-electron chi connectivity index (χ4n) is 2.02. The van der Waals surface area contributed by atoms with Crippen LogP contribution in [0.1, 0.15) is 5.56 Å². The SMILES string of the molecule is Cc1ccc(S(=O)(=O)Nc2ccc3nn(C)nc3c2)cc1. The normalized spacial score (nSPS) is 11.7. The number of anilines is 1. The van der Waals surface area contributed by atoms with Gasteiger partial charge >= 0.3 is 0 Å². The summed E-state index contributed by atoms with van der Waals surface area (Å²) in [5.41, 5.74) is 2.83. The van der Waals surface area contributed by atoms with Gasteiger partial charge in [0.05, 0.1) is 10.6 Å². The number of nitrogens with one attached hydrogen (secondary N) is 1. The number of rotatable bonds is 3. The summed E-state index contributed by atoms with van der Waals surface area (Å²) in [6, 6.07) is 11.8. The van der Waals surface area contributed by atoms with Crippen molar-refractivity contribution in [3.05, 3.63) is 48.0 Å². The molecule has 0 unspecified atom stereocenters. The highest BCUT2D eigenvalue weighted by atomic mass is 32.2. The molecule has 0 bridgehead atoms. The average Bonchev–Trinajstić information content (AvgIpc) is 2.78. The van der Waals surface area contributed by atoms with Gasteiger partial charge in [0, 0.05) is 7.05 Å². The second-order valence-corrected chi connectivity index (χ2v) is 6.49. The zero-order chi connectivity index (χ0) is 15.0. The molecule has 0 amide bonds. The van der Waals surface area contributed by atoms with Crippen LogP contribution in [0.15, 0.2) is 47.4 Å². The first-order valence-electron chi connectivity index (χ1n) is 6.35. The minimum atomic E-state index is -3.60. The van der Waals surface area contributed by atoms with Gasteiger partial charge in [0.1, 0.15) is 11.0 Å². The molecule has 2 aromatic carbocycles. The number of aryl methyl sites for hydroxylation is 2. The van der Waals surface area contributed by atoms with Crippen LogP contribution in [0.3, 0.4) is 0 Å². The molecule has 0 radical (unpaired) electrons. The van der Waals surface area contributed by atoms with E-state index in [0.717, 1.165) is 11.1 Å². The maximum atomic E-state index is 12.3. The van der Waals surface area contributed by atoms with E-state index in [0.29, 0.717) is 11.2 Å². The van der Waals surface area contributed by atoms with E-state index in [1.165, 1.54) is 4.80 Å². The monoisotopic (exact) mass is 302 g/mol. The van der Waals surface area contributed by atoms with Crippen molar-refractivity contribution in [3.8, 4) is 0 Å². The number of nitrogens with zero attached hydrogens (tertiary/aromatic N) is 3. The van der Waals surface area contributed by atoms with Crippen molar-refractivity contribution in [1.82, 2.24) is 15.0 Å². The molecule has 0 atom stereocenters. The van der Waals surface area contributed by atoms with E-state index in [2.05, 4.69) is 14.9 Å². The van der Waals surface area contributed by atoms with Crippen molar-refractivity contribution in [1.29, 1.82) is 0 Å². The molecular weight excluding hydrogens is 288 g/mol. The van der Waals surface area contributed by atoms with Gasteiger partial charge in [-0.1, -0.05) is 17.7 Å². The predicted octanol–water partition coefficient (Wildman–Crippen LogP) is 2.08. The van der Waals surface area contributed by atoms with Crippen LogP contribution in [0.2, 0.25) is 0 Å². The van der Waals surface area contributed by atoms with E-state index in [4.69, 9.17) is 0 Å². The van der Waals surface area contributed by atoms with E-state index < -0.39 is 10.0 Å². The molecule has 1 N–H and O–H groups in total. The van der Waals surface area contributed by atoms with E-state index in [1.807, 2.05) is 6.92 Å². The molecule has 0 saturated carbocycles. The Kier molecular flexibility index (Phi) is 3.13. The maximum Gasteiger partial charge on any atom is 0.261 e. The quantitative estimate of drug-likeness (QED) is 0.803. The first-order chi connectivity index (χ1) is 9.94. The van der Waals surface area contributed by atoms with Gasteiger partial charge in [-0.2, -0.15) is 15.0 Å². The third kappa shape index (κ3) is 2.73. The fraction of sp³-hybridized carbons (Fsp3) is 0.143. The van der Waals surface area contributed by atoms with E-state index >= 15 is 0 Å². The molecule has 3 aromatic rings. The number of benzene rings is 2. The Bertz CT molecular complexity index is 898. The van der Waals surface area contributed by atoms with Gasteiger partial charge in [0.15, 0.2) is 0 Å². The van der Waals surface area contributed by atoms with Gasteiger partial charge in [0.2, 0.25) is 0 Å². The van der Waals surface area contributed by atoms with Crippen LogP contribution in [0.4, 0.5) is 5.69 Å². The molecule has 108 valence electrons. The highest BCUT2D eigenvalue weighted by Gasteiger charge is 2.14. The Morgan fingerprint density at radius 1 is 1.00 bits per heavy atom. The van der Waals surface area contributed by atoms with Crippen molar-refractivity contribution in [2.24, 2.45) is 7.05 Å². The molecule has 6 nitrogen and oxygen atoms in total. The van der Waals surface area contributed by atoms with Crippen molar-refractivity contribution < 1.29 is 8.42 Å². The minimum Gasteiger partial charge on any atom is -0.280 e. The molecule has 3 rings (SSSR count). The summed E-state index contributed by atoms with van der Waals surface area (Å²) in [6.45, 7) is 1.91. The molecule has 0 fully saturated rings. The van der Waals surface area contributed by atoms with Crippen molar-refractivity contribution >= 4 is 26.7 Å². The Hall–Kier alpha value is -2.41. The van der Waals surface area contributed by atoms with Gasteiger partial charge in [0.25, 0.3) is 10.0 Å². The molecule has 0 aliphatic heterocycles. The average molecular weight is 302 g/mol. The van der Waals surface area contributed by atoms with Gasteiger partial charge in [-0.15, -0.1) is 0 Å². The Labute approximate surface area is 122 Å². The summed E-state index contributed by atoms with van der Waals surface area (Å²) >= 11 is 0. The predicted molar refractivity (Wildman–Crippen MR) is 80.5 cm³/mol. The summed E-state index contributed by atoms with van der Waals surface area (Å²) in [5.74, 6) is 0. The largest absolute Gasteiger partial charge is 0.280 e. The molecule has 1 aromatic heterocycles. The number of hydrogen-bond donors (Lipinski definition) is 1. The van der Waals surface area contributed by atoms with Crippen LogP contribution < -0.4 is 4.72 Å². The lowest BCUT2D eigenvalue weighted by Crippen LogP contribution is -2.12. The van der Waals surface area contributed by atoms with Crippen LogP contribution in [0.5, 0.6) is 0 Å². The van der Waals surface area contributed by atoms with Crippen LogP contribution in [-0.2, 0) is 17.1 Å². The van der Waals surface area contributed by atoms with Crippen LogP contribution in [0.25, 0.3) is 11.0 Å². The standard InChI is InChI=1S/C14H14N4O2S/c1-10-3-6-12(7-4-10)21(19,20)17-11-5-8-13-14(9-11)16-18(2)15-13/h3-9,17H,1-2H3. The number of fused-ring (bicyclic) bond motifs is 1. The fourth-order valence-corrected chi connectivity index (χ4v) is 3.07. The lowest BCUT2D eigenvalue weighted by Gasteiger charge is -2.08. The summed E-state index contributed by atoms with van der Waals surface area (Å²) in [7, 11) is -1.88. The number of sulfonamides is 1. The third-order valence-corrected chi connectivity index (χ3v) is 4.46. The molecule has 1 heterocycles. The van der Waals surface area contributed by atoms with Crippen molar-refractivity contribution in [3.63, 3.8) is 0 Å². The number of hydrogen-bond acceptors (Lipinski definition) is 4. The van der Waals surface area contributed by atoms with Crippen LogP contribution >= 0.6 is 0 Å². The molecule has 0 aliphatic rings. The molecule has 0 spiro atoms. The maximum absolute atomic E-state index is 12.3. The van der Waals surface area contributed by atoms with Crippen molar-refractivity contribution in [2.75, 3.05) is 4.72 Å². The minimum absolute atomic E-state index is 0.229.